The third-order valence-electron chi connectivity index (χ3n) is 4.39. The minimum Gasteiger partial charge on any atom is -0.343 e. The molecule has 0 aromatic heterocycles. The van der Waals surface area contributed by atoms with Crippen molar-refractivity contribution < 1.29 is 32.7 Å². The average Bonchev–Trinajstić information content (AvgIpc) is 2.81. The Morgan fingerprint density at radius 3 is 2.52 bits per heavy atom. The third kappa shape index (κ3) is 7.24. The summed E-state index contributed by atoms with van der Waals surface area (Å²) in [7, 11) is 0. The van der Waals surface area contributed by atoms with E-state index in [-0.39, 0.29) is 32.7 Å². The van der Waals surface area contributed by atoms with Gasteiger partial charge in [-0.15, -0.1) is 0 Å². The molecule has 0 aliphatic heterocycles. The molecule has 0 heterocycles. The number of allylic oxidation sites excluding steroid dienone is 2. The number of hydrogen-bond donors (Lipinski definition) is 0. The summed E-state index contributed by atoms with van der Waals surface area (Å²) in [5.41, 5.74) is 1.21. The van der Waals surface area contributed by atoms with Crippen molar-refractivity contribution >= 4 is 40.3 Å². The maximum absolute atomic E-state index is 6.08. The summed E-state index contributed by atoms with van der Waals surface area (Å²) in [5.74, 6) is 1.25. The van der Waals surface area contributed by atoms with E-state index in [2.05, 4.69) is 19.1 Å². The minimum absolute atomic E-state index is 0. The molecular formula is C19H23Cl2SY-. The summed E-state index contributed by atoms with van der Waals surface area (Å²) < 4.78 is 0. The Labute approximate surface area is 181 Å². The number of unbranched alkanes of at least 4 members (excludes halogenated alkanes) is 1. The number of thiocarbonyl (C=S) groups is 1. The summed E-state index contributed by atoms with van der Waals surface area (Å²) in [4.78, 5) is 1.25. The van der Waals surface area contributed by atoms with Gasteiger partial charge in [-0.25, -0.2) is 0 Å². The smallest absolute Gasteiger partial charge is 0.0423 e. The second-order valence-corrected chi connectivity index (χ2v) is 7.43. The monoisotopic (exact) mass is 442 g/mol. The van der Waals surface area contributed by atoms with Crippen LogP contribution in [0.15, 0.2) is 30.4 Å². The molecule has 1 saturated carbocycles. The first-order valence-corrected chi connectivity index (χ1v) is 9.18. The number of halogens is 2. The third-order valence-corrected chi connectivity index (χ3v) is 5.33. The molecule has 1 aromatic rings. The van der Waals surface area contributed by atoms with E-state index in [0.717, 1.165) is 38.5 Å². The summed E-state index contributed by atoms with van der Waals surface area (Å²) in [5, 5.41) is 1.42. The van der Waals surface area contributed by atoms with Crippen molar-refractivity contribution in [3.63, 3.8) is 0 Å². The van der Waals surface area contributed by atoms with E-state index in [1.54, 1.807) is 6.07 Å². The van der Waals surface area contributed by atoms with Crippen molar-refractivity contribution in [2.24, 2.45) is 11.8 Å². The Bertz CT molecular complexity index is 522. The zero-order valence-electron chi connectivity index (χ0n) is 13.4. The van der Waals surface area contributed by atoms with E-state index in [1.807, 2.05) is 12.1 Å². The fourth-order valence-corrected chi connectivity index (χ4v) is 4.24. The Morgan fingerprint density at radius 1 is 1.17 bits per heavy atom. The first-order chi connectivity index (χ1) is 10.6. The topological polar surface area (TPSA) is 0 Å². The van der Waals surface area contributed by atoms with E-state index in [9.17, 15) is 0 Å². The minimum atomic E-state index is 0. The van der Waals surface area contributed by atoms with Gasteiger partial charge in [-0.05, 0) is 72.6 Å². The van der Waals surface area contributed by atoms with Crippen molar-refractivity contribution in [2.45, 2.75) is 44.9 Å². The first-order valence-electron chi connectivity index (χ1n) is 8.02. The van der Waals surface area contributed by atoms with Crippen LogP contribution in [0, 0.1) is 18.8 Å². The predicted molar refractivity (Wildman–Crippen MR) is 102 cm³/mol. The zero-order chi connectivity index (χ0) is 15.9. The predicted octanol–water partition coefficient (Wildman–Crippen LogP) is 6.88. The number of rotatable bonds is 7. The van der Waals surface area contributed by atoms with Crippen LogP contribution in [0.25, 0.3) is 0 Å². The van der Waals surface area contributed by atoms with Gasteiger partial charge < -0.3 is 6.92 Å². The normalized spacial score (nSPS) is 20.9. The molecule has 1 radical (unpaired) electrons. The van der Waals surface area contributed by atoms with Gasteiger partial charge in [-0.2, -0.15) is 6.42 Å². The Hall–Kier alpha value is 0.734. The molecule has 1 aliphatic rings. The second-order valence-electron chi connectivity index (χ2n) is 6.04. The van der Waals surface area contributed by atoms with Crippen LogP contribution in [-0.2, 0) is 39.1 Å². The van der Waals surface area contributed by atoms with Crippen molar-refractivity contribution in [1.82, 2.24) is 0 Å². The molecular weight excluding hydrogens is 420 g/mol. The largest absolute Gasteiger partial charge is 0.343 e. The maximum atomic E-state index is 6.08. The fraction of sp³-hybridized carbons (Fsp3) is 0.474. The summed E-state index contributed by atoms with van der Waals surface area (Å²) in [6, 6.07) is 5.80. The molecule has 123 valence electrons. The van der Waals surface area contributed by atoms with Crippen LogP contribution in [-0.4, -0.2) is 4.86 Å². The van der Waals surface area contributed by atoms with Crippen LogP contribution in [0.1, 0.15) is 44.1 Å². The van der Waals surface area contributed by atoms with Crippen LogP contribution in [0.3, 0.4) is 0 Å². The van der Waals surface area contributed by atoms with Crippen LogP contribution in [0.2, 0.25) is 10.0 Å². The van der Waals surface area contributed by atoms with Crippen LogP contribution < -0.4 is 0 Å². The van der Waals surface area contributed by atoms with E-state index in [4.69, 9.17) is 35.4 Å². The van der Waals surface area contributed by atoms with Crippen molar-refractivity contribution in [3.05, 3.63) is 52.9 Å². The van der Waals surface area contributed by atoms with Gasteiger partial charge in [0.1, 0.15) is 0 Å². The Balaban J connectivity index is 0.00000264. The molecule has 0 amide bonds. The molecule has 0 N–H and O–H groups in total. The average molecular weight is 443 g/mol. The summed E-state index contributed by atoms with van der Waals surface area (Å²) in [6.07, 6.45) is 12.2. The molecule has 0 bridgehead atoms. The standard InChI is InChI=1S/C19H23Cl2S.Y/c1-2-3-4-5-6-15-8-10-19(22)18(15)9-7-14-11-16(20)13-17(21)12-14;/h4-5,11-13,15,18H,1-3,6-10H2;/q-1;/b5-4-;/t15-,18+;/m0./s1. The fourth-order valence-electron chi connectivity index (χ4n) is 3.24. The Morgan fingerprint density at radius 2 is 1.87 bits per heavy atom. The van der Waals surface area contributed by atoms with Gasteiger partial charge >= 0.3 is 0 Å². The van der Waals surface area contributed by atoms with Crippen molar-refractivity contribution in [1.29, 1.82) is 0 Å². The van der Waals surface area contributed by atoms with Crippen LogP contribution >= 0.6 is 35.4 Å². The molecule has 23 heavy (non-hydrogen) atoms. The SMILES string of the molecule is [CH2-]CC/C=C\C[C@H]1CCC(=S)[C@@H]1CCc1cc(Cl)cc(Cl)c1.[Y]. The quantitative estimate of drug-likeness (QED) is 0.252. The molecule has 4 heteroatoms. The van der Waals surface area contributed by atoms with Crippen molar-refractivity contribution in [3.8, 4) is 0 Å². The van der Waals surface area contributed by atoms with Gasteiger partial charge in [0.15, 0.2) is 0 Å². The zero-order valence-corrected chi connectivity index (χ0v) is 18.6. The van der Waals surface area contributed by atoms with Gasteiger partial charge in [0.25, 0.3) is 0 Å². The van der Waals surface area contributed by atoms with Gasteiger partial charge in [0.2, 0.25) is 0 Å². The molecule has 2 rings (SSSR count). The Kier molecular flexibility index (Phi) is 10.8. The summed E-state index contributed by atoms with van der Waals surface area (Å²) in [6.45, 7) is 3.87. The molecule has 0 nitrogen and oxygen atoms in total. The first kappa shape index (κ1) is 21.8. The van der Waals surface area contributed by atoms with E-state index >= 15 is 0 Å². The van der Waals surface area contributed by atoms with Gasteiger partial charge in [0.05, 0.1) is 0 Å². The van der Waals surface area contributed by atoms with E-state index in [0.29, 0.717) is 21.9 Å². The van der Waals surface area contributed by atoms with Crippen LogP contribution in [0.4, 0.5) is 0 Å². The number of benzene rings is 1. The number of aryl methyl sites for hydroxylation is 1. The van der Waals surface area contributed by atoms with E-state index < -0.39 is 0 Å². The molecule has 1 aromatic carbocycles. The van der Waals surface area contributed by atoms with Gasteiger partial charge in [-0.3, -0.25) is 0 Å². The molecule has 0 spiro atoms. The molecule has 2 atom stereocenters. The summed E-state index contributed by atoms with van der Waals surface area (Å²) >= 11 is 17.8. The van der Waals surface area contributed by atoms with E-state index in [1.165, 1.54) is 16.8 Å². The molecule has 1 aliphatic carbocycles. The molecule has 0 unspecified atom stereocenters. The second kappa shape index (κ2) is 11.4. The molecule has 1 fully saturated rings. The van der Waals surface area contributed by atoms with Gasteiger partial charge in [0, 0.05) is 42.8 Å². The molecule has 0 saturated heterocycles. The van der Waals surface area contributed by atoms with Crippen molar-refractivity contribution in [2.75, 3.05) is 0 Å². The number of hydrogen-bond acceptors (Lipinski definition) is 1. The maximum Gasteiger partial charge on any atom is 0.0423 e. The van der Waals surface area contributed by atoms with Crippen LogP contribution in [0.5, 0.6) is 0 Å². The van der Waals surface area contributed by atoms with Gasteiger partial charge in [-0.1, -0.05) is 54.0 Å².